The van der Waals surface area contributed by atoms with E-state index in [0.29, 0.717) is 31.1 Å². The topological polar surface area (TPSA) is 64.6 Å². The molecule has 0 amide bonds. The second-order valence-corrected chi connectivity index (χ2v) is 8.11. The van der Waals surface area contributed by atoms with Gasteiger partial charge in [0, 0.05) is 12.6 Å². The molecule has 0 aliphatic carbocycles. The lowest BCUT2D eigenvalue weighted by molar-refractivity contribution is 0.308. The standard InChI is InChI=1S/C14H20BrNO4S/c1-3-20-14-12(15)6-10(7-13(14)19-2)8-16-11-4-5-21(17,18)9-11/h6-7,11,16H,3-5,8-9H2,1-2H3/t11-/m0/s1. The number of sulfone groups is 1. The highest BCUT2D eigenvalue weighted by Crippen LogP contribution is 2.36. The van der Waals surface area contributed by atoms with Crippen molar-refractivity contribution in [3.05, 3.63) is 22.2 Å². The zero-order chi connectivity index (χ0) is 15.5. The molecule has 0 spiro atoms. The summed E-state index contributed by atoms with van der Waals surface area (Å²) in [7, 11) is -1.25. The molecular formula is C14H20BrNO4S. The summed E-state index contributed by atoms with van der Waals surface area (Å²) in [5, 5.41) is 3.29. The van der Waals surface area contributed by atoms with Gasteiger partial charge in [-0.15, -0.1) is 0 Å². The van der Waals surface area contributed by atoms with Crippen LogP contribution in [0.2, 0.25) is 0 Å². The van der Waals surface area contributed by atoms with Crippen molar-refractivity contribution in [3.63, 3.8) is 0 Å². The average Bonchev–Trinajstić information content (AvgIpc) is 2.78. The molecule has 5 nitrogen and oxygen atoms in total. The Morgan fingerprint density at radius 3 is 2.76 bits per heavy atom. The van der Waals surface area contributed by atoms with Crippen LogP contribution in [0.3, 0.4) is 0 Å². The minimum Gasteiger partial charge on any atom is -0.493 e. The molecule has 1 aromatic rings. The van der Waals surface area contributed by atoms with Crippen LogP contribution in [0.25, 0.3) is 0 Å². The van der Waals surface area contributed by atoms with E-state index in [4.69, 9.17) is 9.47 Å². The van der Waals surface area contributed by atoms with Gasteiger partial charge in [-0.05, 0) is 47.0 Å². The maximum atomic E-state index is 11.4. The van der Waals surface area contributed by atoms with Crippen molar-refractivity contribution in [1.29, 1.82) is 0 Å². The lowest BCUT2D eigenvalue weighted by Crippen LogP contribution is -2.29. The van der Waals surface area contributed by atoms with Gasteiger partial charge in [-0.1, -0.05) is 0 Å². The molecule has 0 aromatic heterocycles. The third-order valence-corrected chi connectivity index (χ3v) is 5.76. The third kappa shape index (κ3) is 4.34. The van der Waals surface area contributed by atoms with Crippen molar-refractivity contribution in [2.24, 2.45) is 0 Å². The second-order valence-electron chi connectivity index (χ2n) is 5.02. The first kappa shape index (κ1) is 16.6. The van der Waals surface area contributed by atoms with E-state index in [1.807, 2.05) is 19.1 Å². The first-order valence-electron chi connectivity index (χ1n) is 6.88. The Kier molecular flexibility index (Phi) is 5.51. The molecule has 7 heteroatoms. The number of ether oxygens (including phenoxy) is 2. The van der Waals surface area contributed by atoms with E-state index in [1.165, 1.54) is 0 Å². The Morgan fingerprint density at radius 2 is 2.19 bits per heavy atom. The van der Waals surface area contributed by atoms with Gasteiger partial charge >= 0.3 is 0 Å². The lowest BCUT2D eigenvalue weighted by Gasteiger charge is -2.15. The maximum Gasteiger partial charge on any atom is 0.175 e. The highest BCUT2D eigenvalue weighted by molar-refractivity contribution is 9.10. The lowest BCUT2D eigenvalue weighted by atomic mass is 10.1. The fourth-order valence-corrected chi connectivity index (χ4v) is 4.69. The van der Waals surface area contributed by atoms with Gasteiger partial charge < -0.3 is 14.8 Å². The number of nitrogens with one attached hydrogen (secondary N) is 1. The number of rotatable bonds is 6. The number of hydrogen-bond donors (Lipinski definition) is 1. The summed E-state index contributed by atoms with van der Waals surface area (Å²) in [6.07, 6.45) is 0.678. The number of methoxy groups -OCH3 is 1. The molecule has 1 atom stereocenters. The summed E-state index contributed by atoms with van der Waals surface area (Å²) in [5.74, 6) is 1.86. The van der Waals surface area contributed by atoms with Gasteiger partial charge in [0.25, 0.3) is 0 Å². The van der Waals surface area contributed by atoms with Crippen molar-refractivity contribution >= 4 is 25.8 Å². The van der Waals surface area contributed by atoms with Gasteiger partial charge in [0.05, 0.1) is 29.7 Å². The maximum absolute atomic E-state index is 11.4. The monoisotopic (exact) mass is 377 g/mol. The molecule has 21 heavy (non-hydrogen) atoms. The predicted molar refractivity (Wildman–Crippen MR) is 85.8 cm³/mol. The second kappa shape index (κ2) is 6.98. The van der Waals surface area contributed by atoms with Crippen LogP contribution in [-0.4, -0.2) is 39.7 Å². The summed E-state index contributed by atoms with van der Waals surface area (Å²) in [6.45, 7) is 3.08. The SMILES string of the molecule is CCOc1c(Br)cc(CN[C@H]2CCS(=O)(=O)C2)cc1OC. The molecule has 1 heterocycles. The van der Waals surface area contributed by atoms with E-state index >= 15 is 0 Å². The van der Waals surface area contributed by atoms with E-state index in [9.17, 15) is 8.42 Å². The fraction of sp³-hybridized carbons (Fsp3) is 0.571. The normalized spacial score (nSPS) is 20.4. The third-order valence-electron chi connectivity index (χ3n) is 3.41. The van der Waals surface area contributed by atoms with Crippen LogP contribution >= 0.6 is 15.9 Å². The largest absolute Gasteiger partial charge is 0.493 e. The number of benzene rings is 1. The zero-order valence-corrected chi connectivity index (χ0v) is 14.6. The number of halogens is 1. The van der Waals surface area contributed by atoms with Gasteiger partial charge in [-0.2, -0.15) is 0 Å². The zero-order valence-electron chi connectivity index (χ0n) is 12.2. The van der Waals surface area contributed by atoms with Crippen LogP contribution in [0, 0.1) is 0 Å². The summed E-state index contributed by atoms with van der Waals surface area (Å²) >= 11 is 3.48. The molecule has 0 saturated carbocycles. The Balaban J connectivity index is 2.05. The smallest absolute Gasteiger partial charge is 0.175 e. The Bertz CT molecular complexity index is 603. The molecule has 118 valence electrons. The summed E-state index contributed by atoms with van der Waals surface area (Å²) < 4.78 is 34.6. The minimum atomic E-state index is -2.85. The Morgan fingerprint density at radius 1 is 1.43 bits per heavy atom. The summed E-state index contributed by atoms with van der Waals surface area (Å²) in [6, 6.07) is 3.90. The predicted octanol–water partition coefficient (Wildman–Crippen LogP) is 2.13. The van der Waals surface area contributed by atoms with Crippen LogP contribution in [0.15, 0.2) is 16.6 Å². The van der Waals surface area contributed by atoms with Gasteiger partial charge in [-0.3, -0.25) is 0 Å². The molecule has 1 fully saturated rings. The molecule has 1 aliphatic rings. The minimum absolute atomic E-state index is 0.0336. The molecule has 1 aliphatic heterocycles. The van der Waals surface area contributed by atoms with Crippen LogP contribution in [0.1, 0.15) is 18.9 Å². The highest BCUT2D eigenvalue weighted by Gasteiger charge is 2.27. The van der Waals surface area contributed by atoms with Gasteiger partial charge in [0.1, 0.15) is 0 Å². The van der Waals surface area contributed by atoms with E-state index in [-0.39, 0.29) is 17.5 Å². The van der Waals surface area contributed by atoms with Gasteiger partial charge in [0.2, 0.25) is 0 Å². The molecule has 1 N–H and O–H groups in total. The van der Waals surface area contributed by atoms with Gasteiger partial charge in [0.15, 0.2) is 21.3 Å². The number of hydrogen-bond acceptors (Lipinski definition) is 5. The van der Waals surface area contributed by atoms with Crippen LogP contribution in [-0.2, 0) is 16.4 Å². The molecule has 0 unspecified atom stereocenters. The highest BCUT2D eigenvalue weighted by atomic mass is 79.9. The van der Waals surface area contributed by atoms with E-state index in [1.54, 1.807) is 7.11 Å². The van der Waals surface area contributed by atoms with Crippen molar-refractivity contribution in [2.75, 3.05) is 25.2 Å². The van der Waals surface area contributed by atoms with Crippen molar-refractivity contribution in [3.8, 4) is 11.5 Å². The van der Waals surface area contributed by atoms with Gasteiger partial charge in [-0.25, -0.2) is 8.42 Å². The first-order valence-corrected chi connectivity index (χ1v) is 9.49. The molecule has 0 radical (unpaired) electrons. The summed E-state index contributed by atoms with van der Waals surface area (Å²) in [4.78, 5) is 0. The van der Waals surface area contributed by atoms with Crippen molar-refractivity contribution < 1.29 is 17.9 Å². The van der Waals surface area contributed by atoms with Crippen LogP contribution in [0.5, 0.6) is 11.5 Å². The van der Waals surface area contributed by atoms with Crippen molar-refractivity contribution in [2.45, 2.75) is 25.9 Å². The average molecular weight is 378 g/mol. The van der Waals surface area contributed by atoms with E-state index in [2.05, 4.69) is 21.2 Å². The van der Waals surface area contributed by atoms with E-state index < -0.39 is 9.84 Å². The van der Waals surface area contributed by atoms with Crippen molar-refractivity contribution in [1.82, 2.24) is 5.32 Å². The molecule has 2 rings (SSSR count). The van der Waals surface area contributed by atoms with Crippen LogP contribution < -0.4 is 14.8 Å². The molecule has 1 aromatic carbocycles. The molecule has 0 bridgehead atoms. The molecular weight excluding hydrogens is 358 g/mol. The Hall–Kier alpha value is -0.790. The van der Waals surface area contributed by atoms with E-state index in [0.717, 1.165) is 10.0 Å². The quantitative estimate of drug-likeness (QED) is 0.822. The summed E-state index contributed by atoms with van der Waals surface area (Å²) in [5.41, 5.74) is 1.02. The van der Waals surface area contributed by atoms with Crippen LogP contribution in [0.4, 0.5) is 0 Å². The Labute approximate surface area is 134 Å². The fourth-order valence-electron chi connectivity index (χ4n) is 2.38. The first-order chi connectivity index (χ1) is 9.95. The molecule has 1 saturated heterocycles.